The van der Waals surface area contributed by atoms with Crippen LogP contribution in [0.1, 0.15) is 56.9 Å². The molecule has 0 aliphatic carbocycles. The minimum Gasteiger partial charge on any atom is -0.497 e. The maximum absolute atomic E-state index is 12.5. The fourth-order valence-corrected chi connectivity index (χ4v) is 5.32. The van der Waals surface area contributed by atoms with Gasteiger partial charge in [-0.2, -0.15) is 0 Å². The van der Waals surface area contributed by atoms with E-state index in [1.54, 1.807) is 37.4 Å². The van der Waals surface area contributed by atoms with Crippen LogP contribution in [-0.2, 0) is 30.7 Å². The summed E-state index contributed by atoms with van der Waals surface area (Å²) >= 11 is 0. The molecule has 2 aromatic carbocycles. The predicted octanol–water partition coefficient (Wildman–Crippen LogP) is 5.55. The number of methoxy groups -OCH3 is 1. The second-order valence-corrected chi connectivity index (χ2v) is 10.8. The molecule has 188 valence electrons. The summed E-state index contributed by atoms with van der Waals surface area (Å²) in [6, 6.07) is 16.5. The molecule has 1 aliphatic heterocycles. The van der Waals surface area contributed by atoms with Crippen molar-refractivity contribution in [3.05, 3.63) is 60.2 Å². The van der Waals surface area contributed by atoms with Gasteiger partial charge < -0.3 is 18.9 Å². The van der Waals surface area contributed by atoms with E-state index in [1.807, 2.05) is 24.3 Å². The number of hydrogen-bond donors (Lipinski definition) is 0. The minimum atomic E-state index is -3.39. The lowest BCUT2D eigenvalue weighted by molar-refractivity contribution is -0.0408. The largest absolute Gasteiger partial charge is 0.497 e. The van der Waals surface area contributed by atoms with Crippen molar-refractivity contribution < 1.29 is 27.4 Å². The first-order chi connectivity index (χ1) is 16.6. The molecule has 34 heavy (non-hydrogen) atoms. The fraction of sp³-hybridized carbons (Fsp3) is 0.556. The lowest BCUT2D eigenvalue weighted by Crippen LogP contribution is -2.22. The van der Waals surface area contributed by atoms with E-state index >= 15 is 0 Å². The molecule has 0 spiro atoms. The first-order valence-corrected chi connectivity index (χ1v) is 14.0. The Labute approximate surface area is 204 Å². The molecular formula is C27H38O6S. The molecule has 0 aromatic heterocycles. The van der Waals surface area contributed by atoms with Crippen molar-refractivity contribution in [1.29, 1.82) is 0 Å². The summed E-state index contributed by atoms with van der Waals surface area (Å²) in [6.07, 6.45) is 8.47. The number of ether oxygens (including phenoxy) is 4. The van der Waals surface area contributed by atoms with Gasteiger partial charge in [-0.3, -0.25) is 0 Å². The van der Waals surface area contributed by atoms with Gasteiger partial charge in [-0.05, 0) is 42.7 Å². The second-order valence-electron chi connectivity index (χ2n) is 8.78. The van der Waals surface area contributed by atoms with Crippen molar-refractivity contribution in [3.8, 4) is 5.75 Å². The molecule has 2 atom stereocenters. The van der Waals surface area contributed by atoms with Crippen LogP contribution in [0.5, 0.6) is 5.75 Å². The van der Waals surface area contributed by atoms with Crippen molar-refractivity contribution in [3.63, 3.8) is 0 Å². The lowest BCUT2D eigenvalue weighted by Gasteiger charge is -2.12. The summed E-state index contributed by atoms with van der Waals surface area (Å²) < 4.78 is 47.2. The third kappa shape index (κ3) is 9.37. The average molecular weight is 491 g/mol. The van der Waals surface area contributed by atoms with Gasteiger partial charge in [0.05, 0.1) is 31.3 Å². The van der Waals surface area contributed by atoms with Gasteiger partial charge in [0.1, 0.15) is 11.5 Å². The Morgan fingerprint density at radius 2 is 1.56 bits per heavy atom. The van der Waals surface area contributed by atoms with E-state index in [9.17, 15) is 8.42 Å². The van der Waals surface area contributed by atoms with Crippen LogP contribution >= 0.6 is 0 Å². The Kier molecular flexibility index (Phi) is 11.3. The summed E-state index contributed by atoms with van der Waals surface area (Å²) in [6.45, 7) is 1.92. The maximum atomic E-state index is 12.5. The fourth-order valence-electron chi connectivity index (χ4n) is 4.02. The minimum absolute atomic E-state index is 0.00109. The van der Waals surface area contributed by atoms with Crippen LogP contribution in [0.3, 0.4) is 0 Å². The molecule has 0 N–H and O–H groups in total. The van der Waals surface area contributed by atoms with Gasteiger partial charge in [0.25, 0.3) is 0 Å². The molecule has 0 radical (unpaired) electrons. The Hall–Kier alpha value is -1.93. The van der Waals surface area contributed by atoms with Crippen LogP contribution < -0.4 is 4.74 Å². The molecule has 1 saturated heterocycles. The SMILES string of the molecule is COc1ccc(COCCCCCCCCCC2COC(CS(=O)(=O)c3ccccc3)O2)cc1. The average Bonchev–Trinajstić information content (AvgIpc) is 3.29. The van der Waals surface area contributed by atoms with Crippen LogP contribution in [0.15, 0.2) is 59.5 Å². The molecule has 7 heteroatoms. The molecule has 1 fully saturated rings. The van der Waals surface area contributed by atoms with Gasteiger partial charge in [-0.15, -0.1) is 0 Å². The van der Waals surface area contributed by atoms with Crippen molar-refractivity contribution in [2.75, 3.05) is 26.1 Å². The smallest absolute Gasteiger partial charge is 0.183 e. The molecule has 1 heterocycles. The van der Waals surface area contributed by atoms with E-state index in [0.29, 0.717) is 18.1 Å². The third-order valence-electron chi connectivity index (χ3n) is 6.01. The van der Waals surface area contributed by atoms with E-state index in [1.165, 1.54) is 37.7 Å². The van der Waals surface area contributed by atoms with Crippen LogP contribution in [0.4, 0.5) is 0 Å². The number of benzene rings is 2. The van der Waals surface area contributed by atoms with Crippen LogP contribution in [0, 0.1) is 0 Å². The highest BCUT2D eigenvalue weighted by molar-refractivity contribution is 7.91. The molecule has 1 aliphatic rings. The van der Waals surface area contributed by atoms with Gasteiger partial charge in [0.15, 0.2) is 16.1 Å². The van der Waals surface area contributed by atoms with Crippen molar-refractivity contribution in [1.82, 2.24) is 0 Å². The number of hydrogen-bond acceptors (Lipinski definition) is 6. The molecule has 0 saturated carbocycles. The molecule has 0 bridgehead atoms. The zero-order chi connectivity index (χ0) is 24.1. The number of unbranched alkanes of at least 4 members (excludes halogenated alkanes) is 6. The van der Waals surface area contributed by atoms with Crippen LogP contribution in [0.2, 0.25) is 0 Å². The third-order valence-corrected chi connectivity index (χ3v) is 7.71. The highest BCUT2D eigenvalue weighted by Gasteiger charge is 2.30. The van der Waals surface area contributed by atoms with Gasteiger partial charge in [-0.1, -0.05) is 68.9 Å². The van der Waals surface area contributed by atoms with Gasteiger partial charge in [-0.25, -0.2) is 8.42 Å². The molecule has 6 nitrogen and oxygen atoms in total. The zero-order valence-electron chi connectivity index (χ0n) is 20.2. The molecule has 2 aromatic rings. The topological polar surface area (TPSA) is 71.1 Å². The normalized spacial score (nSPS) is 18.3. The van der Waals surface area contributed by atoms with Gasteiger partial charge in [0, 0.05) is 6.61 Å². The standard InChI is InChI=1S/C27H38O6S/c1-30-24-17-15-23(16-18-24)20-31-19-11-6-4-2-3-5-8-12-25-21-32-27(33-25)22-34(28,29)26-13-9-7-10-14-26/h7,9-10,13-18,25,27H,2-6,8,11-12,19-22H2,1H3. The van der Waals surface area contributed by atoms with Crippen molar-refractivity contribution >= 4 is 9.84 Å². The van der Waals surface area contributed by atoms with Crippen molar-refractivity contribution in [2.24, 2.45) is 0 Å². The first-order valence-electron chi connectivity index (χ1n) is 12.3. The summed E-state index contributed by atoms with van der Waals surface area (Å²) in [7, 11) is -1.72. The Bertz CT molecular complexity index is 914. The van der Waals surface area contributed by atoms with Crippen molar-refractivity contribution in [2.45, 2.75) is 75.3 Å². The summed E-state index contributed by atoms with van der Waals surface area (Å²) in [5, 5.41) is 0. The lowest BCUT2D eigenvalue weighted by atomic mass is 10.1. The Morgan fingerprint density at radius 1 is 0.882 bits per heavy atom. The molecule has 3 rings (SSSR count). The second kappa shape index (κ2) is 14.5. The Balaban J connectivity index is 1.15. The van der Waals surface area contributed by atoms with E-state index in [0.717, 1.165) is 31.6 Å². The first kappa shape index (κ1) is 26.7. The molecule has 0 amide bonds. The van der Waals surface area contributed by atoms with Crippen LogP contribution in [0.25, 0.3) is 0 Å². The van der Waals surface area contributed by atoms with Gasteiger partial charge in [0.2, 0.25) is 0 Å². The number of sulfone groups is 1. The summed E-state index contributed by atoms with van der Waals surface area (Å²) in [4.78, 5) is 0.314. The highest BCUT2D eigenvalue weighted by atomic mass is 32.2. The maximum Gasteiger partial charge on any atom is 0.183 e. The predicted molar refractivity (Wildman–Crippen MR) is 133 cm³/mol. The van der Waals surface area contributed by atoms with E-state index in [-0.39, 0.29) is 11.9 Å². The monoisotopic (exact) mass is 490 g/mol. The van der Waals surface area contributed by atoms with E-state index in [2.05, 4.69) is 0 Å². The van der Waals surface area contributed by atoms with Crippen LogP contribution in [-0.4, -0.2) is 46.9 Å². The molecular weight excluding hydrogens is 452 g/mol. The quantitative estimate of drug-likeness (QED) is 0.287. The van der Waals surface area contributed by atoms with E-state index < -0.39 is 16.1 Å². The zero-order valence-corrected chi connectivity index (χ0v) is 21.0. The Morgan fingerprint density at radius 3 is 2.26 bits per heavy atom. The summed E-state index contributed by atoms with van der Waals surface area (Å²) in [5.41, 5.74) is 1.17. The van der Waals surface area contributed by atoms with Gasteiger partial charge >= 0.3 is 0 Å². The van der Waals surface area contributed by atoms with E-state index in [4.69, 9.17) is 18.9 Å². The highest BCUT2D eigenvalue weighted by Crippen LogP contribution is 2.21. The molecule has 2 unspecified atom stereocenters. The number of rotatable bonds is 16. The summed E-state index contributed by atoms with van der Waals surface area (Å²) in [5.74, 6) is 0.739.